The van der Waals surface area contributed by atoms with E-state index in [1.807, 2.05) is 0 Å². The number of hydrogen-bond acceptors (Lipinski definition) is 5. The molecule has 0 atom stereocenters. The number of nitrogens with zero attached hydrogens (tertiary/aromatic N) is 3. The zero-order chi connectivity index (χ0) is 9.52. The summed E-state index contributed by atoms with van der Waals surface area (Å²) in [6, 6.07) is 0. The van der Waals surface area contributed by atoms with Crippen LogP contribution in [0.3, 0.4) is 0 Å². The average molecular weight is 190 g/mol. The van der Waals surface area contributed by atoms with Gasteiger partial charge in [0.05, 0.1) is 18.1 Å². The molecule has 7 nitrogen and oxygen atoms in total. The molecule has 0 spiro atoms. The predicted molar refractivity (Wildman–Crippen MR) is 43.5 cm³/mol. The summed E-state index contributed by atoms with van der Waals surface area (Å²) >= 11 is 0. The molecule has 0 unspecified atom stereocenters. The summed E-state index contributed by atoms with van der Waals surface area (Å²) in [5, 5.41) is 19.1. The third kappa shape index (κ3) is 3.43. The van der Waals surface area contributed by atoms with E-state index in [0.29, 0.717) is 18.1 Å². The van der Waals surface area contributed by atoms with Gasteiger partial charge in [-0.15, -0.1) is 5.01 Å². The van der Waals surface area contributed by atoms with E-state index < -0.39 is 0 Å². The molecule has 1 rings (SSSR count). The lowest BCUT2D eigenvalue weighted by molar-refractivity contribution is -0.712. The summed E-state index contributed by atoms with van der Waals surface area (Å²) < 4.78 is 4.57. The summed E-state index contributed by atoms with van der Waals surface area (Å²) in [5.74, 6) is 0. The van der Waals surface area contributed by atoms with Gasteiger partial charge in [-0.2, -0.15) is 0 Å². The van der Waals surface area contributed by atoms with Crippen LogP contribution in [0.15, 0.2) is 5.28 Å². The number of ether oxygens (including phenoxy) is 1. The Morgan fingerprint density at radius 3 is 2.85 bits per heavy atom. The molecule has 0 aliphatic carbocycles. The third-order valence-corrected chi connectivity index (χ3v) is 1.63. The monoisotopic (exact) mass is 190 g/mol. The maximum absolute atomic E-state index is 11.1. The van der Waals surface area contributed by atoms with E-state index in [0.717, 1.165) is 13.1 Å². The Morgan fingerprint density at radius 2 is 2.23 bits per heavy atom. The summed E-state index contributed by atoms with van der Waals surface area (Å²) in [7, 11) is 1.47. The second-order valence-electron chi connectivity index (χ2n) is 2.57. The maximum atomic E-state index is 11.1. The van der Waals surface area contributed by atoms with E-state index >= 15 is 0 Å². The summed E-state index contributed by atoms with van der Waals surface area (Å²) in [6.07, 6.45) is 0. The number of rotatable bonds is 4. The van der Waals surface area contributed by atoms with Gasteiger partial charge in [-0.05, 0) is 0 Å². The number of nitrogens with one attached hydrogen (secondary N) is 1. The van der Waals surface area contributed by atoms with Crippen LogP contribution in [0.4, 0.5) is 0 Å². The van der Waals surface area contributed by atoms with Crippen molar-refractivity contribution in [2.45, 2.75) is 0 Å². The smallest absolute Gasteiger partial charge is 0.235 e. The van der Waals surface area contributed by atoms with Crippen molar-refractivity contribution in [3.05, 3.63) is 5.21 Å². The number of hydrogen-bond donors (Lipinski definition) is 1. The molecule has 1 fully saturated rings. The summed E-state index contributed by atoms with van der Waals surface area (Å²) in [4.78, 5) is 5.01. The van der Waals surface area contributed by atoms with Gasteiger partial charge in [0.2, 0.25) is 12.1 Å². The molecule has 1 saturated heterocycles. The van der Waals surface area contributed by atoms with Gasteiger partial charge in [0.25, 0.3) is 0 Å². The van der Waals surface area contributed by atoms with E-state index in [9.17, 15) is 5.21 Å². The molecule has 7 heteroatoms. The molecule has 1 aliphatic rings. The van der Waals surface area contributed by atoms with Crippen LogP contribution in [0.25, 0.3) is 0 Å². The molecule has 0 bridgehead atoms. The average Bonchev–Trinajstić information content (AvgIpc) is 2.19. The fraction of sp³-hybridized carbons (Fsp3) is 1.00. The first-order valence-electron chi connectivity index (χ1n) is 4.09. The lowest BCUT2D eigenvalue weighted by atomic mass is 10.4. The first kappa shape index (κ1) is 10.0. The Bertz CT molecular complexity index is 169. The Kier molecular flexibility index (Phi) is 4.27. The molecule has 0 saturated carbocycles. The van der Waals surface area contributed by atoms with Crippen LogP contribution in [0.1, 0.15) is 0 Å². The third-order valence-electron chi connectivity index (χ3n) is 1.63. The molecule has 76 valence electrons. The molecule has 0 aromatic rings. The van der Waals surface area contributed by atoms with Crippen LogP contribution in [0, 0.1) is 5.21 Å². The lowest BCUT2D eigenvalue weighted by Crippen LogP contribution is -2.46. The quantitative estimate of drug-likeness (QED) is 0.209. The van der Waals surface area contributed by atoms with Gasteiger partial charge < -0.3 is 20.1 Å². The second kappa shape index (κ2) is 5.55. The minimum absolute atomic E-state index is 0.00910. The highest BCUT2D eigenvalue weighted by Crippen LogP contribution is 1.93. The first-order valence-corrected chi connectivity index (χ1v) is 4.09. The lowest BCUT2D eigenvalue weighted by Gasteiger charge is -2.22. The summed E-state index contributed by atoms with van der Waals surface area (Å²) in [5.41, 5.74) is 0. The van der Waals surface area contributed by atoms with Gasteiger partial charge >= 0.3 is 0 Å². The van der Waals surface area contributed by atoms with Gasteiger partial charge in [-0.3, -0.25) is 0 Å². The van der Waals surface area contributed by atoms with Gasteiger partial charge in [0, 0.05) is 20.2 Å². The minimum Gasteiger partial charge on any atom is -0.569 e. The number of hydrazine groups is 1. The molecule has 0 aromatic heterocycles. The Balaban J connectivity index is 2.27. The van der Waals surface area contributed by atoms with Crippen molar-refractivity contribution in [1.29, 1.82) is 0 Å². The largest absolute Gasteiger partial charge is 0.569 e. The van der Waals surface area contributed by atoms with Crippen LogP contribution in [-0.4, -0.2) is 50.1 Å². The van der Waals surface area contributed by atoms with Crippen molar-refractivity contribution in [3.63, 3.8) is 0 Å². The van der Waals surface area contributed by atoms with Crippen LogP contribution < -0.4 is 5.32 Å². The van der Waals surface area contributed by atoms with Crippen molar-refractivity contribution < 1.29 is 14.5 Å². The van der Waals surface area contributed by atoms with E-state index in [-0.39, 0.29) is 6.79 Å². The highest BCUT2D eigenvalue weighted by molar-refractivity contribution is 4.58. The zero-order valence-electron chi connectivity index (χ0n) is 7.60. The standard InChI is InChI=1S/C6H14N4O3/c1-12-6-13-8-10(11)9-4-2-7-3-5-9/h7H,2-6H2,1H3/b10-8-. The van der Waals surface area contributed by atoms with E-state index in [1.165, 1.54) is 7.11 Å². The zero-order valence-corrected chi connectivity index (χ0v) is 7.60. The van der Waals surface area contributed by atoms with Gasteiger partial charge in [-0.25, -0.2) is 0 Å². The Labute approximate surface area is 76.4 Å². The Morgan fingerprint density at radius 1 is 1.54 bits per heavy atom. The highest BCUT2D eigenvalue weighted by Gasteiger charge is 2.15. The topological polar surface area (TPSA) is 72.2 Å². The van der Waals surface area contributed by atoms with E-state index in [2.05, 4.69) is 20.2 Å². The molecule has 0 amide bonds. The normalized spacial score (nSPS) is 18.8. The molecule has 1 aliphatic heterocycles. The fourth-order valence-electron chi connectivity index (χ4n) is 1.00. The molecule has 0 radical (unpaired) electrons. The predicted octanol–water partition coefficient (Wildman–Crippen LogP) is -0.695. The van der Waals surface area contributed by atoms with E-state index in [4.69, 9.17) is 0 Å². The first-order chi connectivity index (χ1) is 6.34. The summed E-state index contributed by atoms with van der Waals surface area (Å²) in [6.45, 7) is 2.86. The number of piperazine rings is 1. The van der Waals surface area contributed by atoms with Crippen molar-refractivity contribution in [2.75, 3.05) is 40.1 Å². The van der Waals surface area contributed by atoms with Gasteiger partial charge in [-0.1, -0.05) is 0 Å². The van der Waals surface area contributed by atoms with Crippen molar-refractivity contribution in [1.82, 2.24) is 10.3 Å². The minimum atomic E-state index is -0.00910. The van der Waals surface area contributed by atoms with Crippen molar-refractivity contribution >= 4 is 0 Å². The number of methoxy groups -OCH3 is 1. The molecular weight excluding hydrogens is 176 g/mol. The molecule has 0 aromatic carbocycles. The molecule has 13 heavy (non-hydrogen) atoms. The van der Waals surface area contributed by atoms with Crippen molar-refractivity contribution in [2.24, 2.45) is 5.28 Å². The highest BCUT2D eigenvalue weighted by atomic mass is 16.8. The second-order valence-corrected chi connectivity index (χ2v) is 2.57. The molecule has 1 N–H and O–H groups in total. The van der Waals surface area contributed by atoms with Crippen LogP contribution in [0.2, 0.25) is 0 Å². The maximum Gasteiger partial charge on any atom is 0.235 e. The van der Waals surface area contributed by atoms with E-state index in [1.54, 1.807) is 5.01 Å². The van der Waals surface area contributed by atoms with Crippen molar-refractivity contribution in [3.8, 4) is 0 Å². The SMILES string of the molecule is COCO/N=[N+](\[O-])N1CCNCC1. The molecule has 1 heterocycles. The van der Waals surface area contributed by atoms with Crippen LogP contribution in [0.5, 0.6) is 0 Å². The fourth-order valence-corrected chi connectivity index (χ4v) is 1.00. The van der Waals surface area contributed by atoms with Crippen LogP contribution >= 0.6 is 0 Å². The Hall–Kier alpha value is -1.08. The van der Waals surface area contributed by atoms with Crippen LogP contribution in [-0.2, 0) is 9.57 Å². The van der Waals surface area contributed by atoms with Gasteiger partial charge in [0.15, 0.2) is 0 Å². The van der Waals surface area contributed by atoms with Gasteiger partial charge in [0.1, 0.15) is 0 Å². The molecular formula is C6H14N4O3.